The molecule has 0 radical (unpaired) electrons. The lowest BCUT2D eigenvalue weighted by molar-refractivity contribution is 0.493. The smallest absolute Gasteiger partial charge is 0.0597 e. The monoisotopic (exact) mass is 383 g/mol. The van der Waals surface area contributed by atoms with Gasteiger partial charge in [0.05, 0.1) is 17.4 Å². The molecule has 1 aromatic carbocycles. The Morgan fingerprint density at radius 1 is 1.30 bits per heavy atom. The summed E-state index contributed by atoms with van der Waals surface area (Å²) in [6, 6.07) is 11.3. The summed E-state index contributed by atoms with van der Waals surface area (Å²) in [5, 5.41) is 8.11. The Balaban J connectivity index is 2.19. The van der Waals surface area contributed by atoms with Crippen LogP contribution in [0.25, 0.3) is 0 Å². The Morgan fingerprint density at radius 2 is 2.00 bits per heavy atom. The van der Waals surface area contributed by atoms with E-state index in [1.54, 1.807) is 0 Å². The SMILES string of the molecule is CCCNC(Cc1ccc(I)cc1)c1cc(C)nn1C. The molecule has 1 N–H and O–H groups in total. The maximum absolute atomic E-state index is 4.47. The lowest BCUT2D eigenvalue weighted by Gasteiger charge is -2.19. The summed E-state index contributed by atoms with van der Waals surface area (Å²) >= 11 is 2.34. The molecular formula is C16H22IN3. The third-order valence-corrected chi connectivity index (χ3v) is 4.11. The first-order valence-electron chi connectivity index (χ1n) is 7.08. The molecule has 0 aliphatic rings. The van der Waals surface area contributed by atoms with Gasteiger partial charge in [-0.1, -0.05) is 19.1 Å². The number of halogens is 1. The van der Waals surface area contributed by atoms with Crippen molar-refractivity contribution in [3.63, 3.8) is 0 Å². The normalized spacial score (nSPS) is 12.6. The van der Waals surface area contributed by atoms with Gasteiger partial charge in [0, 0.05) is 10.6 Å². The van der Waals surface area contributed by atoms with Crippen molar-refractivity contribution in [3.8, 4) is 0 Å². The summed E-state index contributed by atoms with van der Waals surface area (Å²) in [6.07, 6.45) is 2.13. The van der Waals surface area contributed by atoms with Crippen LogP contribution < -0.4 is 5.32 Å². The highest BCUT2D eigenvalue weighted by Gasteiger charge is 2.16. The van der Waals surface area contributed by atoms with Gasteiger partial charge in [-0.05, 0) is 72.7 Å². The number of nitrogens with zero attached hydrogens (tertiary/aromatic N) is 2. The van der Waals surface area contributed by atoms with E-state index in [2.05, 4.69) is 70.3 Å². The van der Waals surface area contributed by atoms with Crippen LogP contribution in [-0.2, 0) is 13.5 Å². The second kappa shape index (κ2) is 7.22. The van der Waals surface area contributed by atoms with Crippen LogP contribution >= 0.6 is 22.6 Å². The van der Waals surface area contributed by atoms with Crippen molar-refractivity contribution in [1.82, 2.24) is 15.1 Å². The number of hydrogen-bond acceptors (Lipinski definition) is 2. The molecule has 20 heavy (non-hydrogen) atoms. The molecule has 1 aromatic heterocycles. The molecule has 0 aliphatic carbocycles. The van der Waals surface area contributed by atoms with Gasteiger partial charge in [-0.3, -0.25) is 4.68 Å². The summed E-state index contributed by atoms with van der Waals surface area (Å²) in [5.41, 5.74) is 3.70. The fraction of sp³-hybridized carbons (Fsp3) is 0.438. The van der Waals surface area contributed by atoms with E-state index in [0.717, 1.165) is 25.1 Å². The molecular weight excluding hydrogens is 361 g/mol. The number of aryl methyl sites for hydroxylation is 2. The van der Waals surface area contributed by atoms with E-state index >= 15 is 0 Å². The maximum Gasteiger partial charge on any atom is 0.0597 e. The number of hydrogen-bond donors (Lipinski definition) is 1. The third kappa shape index (κ3) is 4.06. The zero-order chi connectivity index (χ0) is 14.5. The van der Waals surface area contributed by atoms with Crippen LogP contribution in [0.5, 0.6) is 0 Å². The molecule has 1 unspecified atom stereocenters. The summed E-state index contributed by atoms with van der Waals surface area (Å²) in [6.45, 7) is 5.27. The van der Waals surface area contributed by atoms with Crippen LogP contribution in [0.2, 0.25) is 0 Å². The number of nitrogens with one attached hydrogen (secondary N) is 1. The Kier molecular flexibility index (Phi) is 5.60. The first-order chi connectivity index (χ1) is 9.60. The number of aromatic nitrogens is 2. The molecule has 0 spiro atoms. The van der Waals surface area contributed by atoms with Gasteiger partial charge < -0.3 is 5.32 Å². The first kappa shape index (κ1) is 15.5. The van der Waals surface area contributed by atoms with Gasteiger partial charge in [0.25, 0.3) is 0 Å². The summed E-state index contributed by atoms with van der Waals surface area (Å²) in [5.74, 6) is 0. The fourth-order valence-corrected chi connectivity index (χ4v) is 2.77. The van der Waals surface area contributed by atoms with E-state index in [1.165, 1.54) is 14.8 Å². The van der Waals surface area contributed by atoms with Crippen molar-refractivity contribution in [1.29, 1.82) is 0 Å². The van der Waals surface area contributed by atoms with E-state index < -0.39 is 0 Å². The van der Waals surface area contributed by atoms with Crippen LogP contribution in [0, 0.1) is 10.5 Å². The molecule has 3 nitrogen and oxygen atoms in total. The molecule has 1 heterocycles. The van der Waals surface area contributed by atoms with Crippen molar-refractivity contribution in [2.24, 2.45) is 7.05 Å². The Hall–Kier alpha value is -0.880. The largest absolute Gasteiger partial charge is 0.308 e. The zero-order valence-corrected chi connectivity index (χ0v) is 14.5. The van der Waals surface area contributed by atoms with E-state index in [0.29, 0.717) is 6.04 Å². The van der Waals surface area contributed by atoms with Crippen LogP contribution in [0.15, 0.2) is 30.3 Å². The highest BCUT2D eigenvalue weighted by atomic mass is 127. The van der Waals surface area contributed by atoms with Crippen LogP contribution in [0.3, 0.4) is 0 Å². The number of benzene rings is 1. The average molecular weight is 383 g/mol. The summed E-state index contributed by atoms with van der Waals surface area (Å²) in [4.78, 5) is 0. The van der Waals surface area contributed by atoms with Gasteiger partial charge in [0.1, 0.15) is 0 Å². The number of rotatable bonds is 6. The topological polar surface area (TPSA) is 29.9 Å². The van der Waals surface area contributed by atoms with Gasteiger partial charge in [-0.25, -0.2) is 0 Å². The predicted octanol–water partition coefficient (Wildman–Crippen LogP) is 3.62. The van der Waals surface area contributed by atoms with Crippen molar-refractivity contribution in [2.75, 3.05) is 6.54 Å². The summed E-state index contributed by atoms with van der Waals surface area (Å²) < 4.78 is 3.27. The minimum absolute atomic E-state index is 0.321. The van der Waals surface area contributed by atoms with Crippen molar-refractivity contribution in [3.05, 3.63) is 50.9 Å². The molecule has 4 heteroatoms. The third-order valence-electron chi connectivity index (χ3n) is 3.39. The molecule has 2 aromatic rings. The van der Waals surface area contributed by atoms with Crippen LogP contribution in [0.1, 0.15) is 36.3 Å². The highest BCUT2D eigenvalue weighted by molar-refractivity contribution is 14.1. The lowest BCUT2D eigenvalue weighted by Crippen LogP contribution is -2.26. The van der Waals surface area contributed by atoms with Gasteiger partial charge in [0.2, 0.25) is 0 Å². The Bertz CT molecular complexity index is 545. The van der Waals surface area contributed by atoms with Gasteiger partial charge in [-0.15, -0.1) is 0 Å². The van der Waals surface area contributed by atoms with E-state index in [-0.39, 0.29) is 0 Å². The second-order valence-electron chi connectivity index (χ2n) is 5.17. The molecule has 0 bridgehead atoms. The second-order valence-corrected chi connectivity index (χ2v) is 6.42. The van der Waals surface area contributed by atoms with Gasteiger partial charge in [0.15, 0.2) is 0 Å². The van der Waals surface area contributed by atoms with Gasteiger partial charge in [-0.2, -0.15) is 5.10 Å². The van der Waals surface area contributed by atoms with E-state index in [4.69, 9.17) is 0 Å². The molecule has 0 fully saturated rings. The molecule has 0 saturated heterocycles. The van der Waals surface area contributed by atoms with E-state index in [9.17, 15) is 0 Å². The van der Waals surface area contributed by atoms with E-state index in [1.807, 2.05) is 18.7 Å². The molecule has 108 valence electrons. The molecule has 0 aliphatic heterocycles. The minimum Gasteiger partial charge on any atom is -0.308 e. The molecule has 0 saturated carbocycles. The lowest BCUT2D eigenvalue weighted by atomic mass is 10.0. The van der Waals surface area contributed by atoms with Crippen LogP contribution in [0.4, 0.5) is 0 Å². The standard InChI is InChI=1S/C16H22IN3/c1-4-9-18-15(16-10-12(2)19-20(16)3)11-13-5-7-14(17)8-6-13/h5-8,10,15,18H,4,9,11H2,1-3H3. The summed E-state index contributed by atoms with van der Waals surface area (Å²) in [7, 11) is 2.02. The van der Waals surface area contributed by atoms with Crippen molar-refractivity contribution >= 4 is 22.6 Å². The zero-order valence-electron chi connectivity index (χ0n) is 12.4. The van der Waals surface area contributed by atoms with Gasteiger partial charge >= 0.3 is 0 Å². The van der Waals surface area contributed by atoms with Crippen molar-refractivity contribution < 1.29 is 0 Å². The Morgan fingerprint density at radius 3 is 2.55 bits per heavy atom. The molecule has 0 amide bonds. The minimum atomic E-state index is 0.321. The maximum atomic E-state index is 4.47. The highest BCUT2D eigenvalue weighted by Crippen LogP contribution is 2.20. The molecule has 1 atom stereocenters. The average Bonchev–Trinajstić information content (AvgIpc) is 2.76. The quantitative estimate of drug-likeness (QED) is 0.773. The predicted molar refractivity (Wildman–Crippen MR) is 91.8 cm³/mol. The van der Waals surface area contributed by atoms with Crippen molar-refractivity contribution in [2.45, 2.75) is 32.7 Å². The first-order valence-corrected chi connectivity index (χ1v) is 8.16. The Labute approximate surface area is 134 Å². The van der Waals surface area contributed by atoms with Crippen LogP contribution in [-0.4, -0.2) is 16.3 Å². The fourth-order valence-electron chi connectivity index (χ4n) is 2.41. The molecule has 2 rings (SSSR count).